The standard InChI is InChI=1S/C17H19N3O3/c1-2-20(14-10-15(21)19-17(14)23)16(22)6-4-11-3-5-13-12(9-11)7-8-18-13/h3,5,7-9,14,18H,2,4,6,10H2,1H3,(H,19,21,23)/t14-/m1/s1. The van der Waals surface area contributed by atoms with Crippen LogP contribution in [0.15, 0.2) is 30.5 Å². The number of aromatic nitrogens is 1. The summed E-state index contributed by atoms with van der Waals surface area (Å²) in [5, 5.41) is 3.37. The lowest BCUT2D eigenvalue weighted by molar-refractivity contribution is -0.138. The van der Waals surface area contributed by atoms with Gasteiger partial charge < -0.3 is 9.88 Å². The number of carbonyl (C=O) groups excluding carboxylic acids is 3. The highest BCUT2D eigenvalue weighted by Gasteiger charge is 2.36. The molecule has 0 aliphatic carbocycles. The molecule has 0 spiro atoms. The number of likely N-dealkylation sites (N-methyl/N-ethyl adjacent to an activating group) is 1. The van der Waals surface area contributed by atoms with Crippen molar-refractivity contribution in [1.82, 2.24) is 15.2 Å². The van der Waals surface area contributed by atoms with E-state index in [1.807, 2.05) is 31.3 Å². The first-order chi connectivity index (χ1) is 11.1. The average Bonchev–Trinajstić information content (AvgIpc) is 3.12. The molecule has 3 rings (SSSR count). The maximum Gasteiger partial charge on any atom is 0.249 e. The molecule has 0 unspecified atom stereocenters. The quantitative estimate of drug-likeness (QED) is 0.818. The monoisotopic (exact) mass is 313 g/mol. The van der Waals surface area contributed by atoms with E-state index in [1.165, 1.54) is 4.90 Å². The second-order valence-corrected chi connectivity index (χ2v) is 5.71. The van der Waals surface area contributed by atoms with Gasteiger partial charge in [0.15, 0.2) is 0 Å². The van der Waals surface area contributed by atoms with Crippen LogP contribution in [0.25, 0.3) is 10.9 Å². The number of rotatable bonds is 5. The van der Waals surface area contributed by atoms with Crippen molar-refractivity contribution in [1.29, 1.82) is 0 Å². The van der Waals surface area contributed by atoms with Gasteiger partial charge in [-0.25, -0.2) is 0 Å². The summed E-state index contributed by atoms with van der Waals surface area (Å²) in [7, 11) is 0. The molecule has 0 bridgehead atoms. The number of hydrogen-bond acceptors (Lipinski definition) is 3. The molecule has 1 atom stereocenters. The van der Waals surface area contributed by atoms with Crippen LogP contribution in [0.4, 0.5) is 0 Å². The molecule has 1 aromatic carbocycles. The lowest BCUT2D eigenvalue weighted by Gasteiger charge is -2.25. The lowest BCUT2D eigenvalue weighted by Crippen LogP contribution is -2.44. The van der Waals surface area contributed by atoms with Crippen LogP contribution in [-0.4, -0.2) is 40.2 Å². The molecule has 2 N–H and O–H groups in total. The van der Waals surface area contributed by atoms with Gasteiger partial charge in [-0.15, -0.1) is 0 Å². The van der Waals surface area contributed by atoms with E-state index < -0.39 is 6.04 Å². The van der Waals surface area contributed by atoms with Crippen LogP contribution in [0.1, 0.15) is 25.3 Å². The van der Waals surface area contributed by atoms with E-state index in [0.29, 0.717) is 19.4 Å². The van der Waals surface area contributed by atoms with Crippen molar-refractivity contribution in [2.24, 2.45) is 0 Å². The number of aryl methyl sites for hydroxylation is 1. The number of fused-ring (bicyclic) bond motifs is 1. The molecule has 1 aliphatic heterocycles. The number of carbonyl (C=O) groups is 3. The molecule has 2 heterocycles. The Labute approximate surface area is 133 Å². The van der Waals surface area contributed by atoms with Crippen molar-refractivity contribution >= 4 is 28.6 Å². The van der Waals surface area contributed by atoms with Gasteiger partial charge in [0.05, 0.1) is 6.42 Å². The van der Waals surface area contributed by atoms with Crippen molar-refractivity contribution in [3.63, 3.8) is 0 Å². The Kier molecular flexibility index (Phi) is 4.14. The maximum absolute atomic E-state index is 12.4. The highest BCUT2D eigenvalue weighted by atomic mass is 16.2. The van der Waals surface area contributed by atoms with Crippen LogP contribution in [0, 0.1) is 0 Å². The number of amides is 3. The van der Waals surface area contributed by atoms with Crippen LogP contribution < -0.4 is 5.32 Å². The third-order valence-electron chi connectivity index (χ3n) is 4.23. The Morgan fingerprint density at radius 2 is 2.13 bits per heavy atom. The van der Waals surface area contributed by atoms with Crippen molar-refractivity contribution in [2.45, 2.75) is 32.2 Å². The zero-order valence-corrected chi connectivity index (χ0v) is 13.0. The maximum atomic E-state index is 12.4. The summed E-state index contributed by atoms with van der Waals surface area (Å²) in [6.45, 7) is 2.24. The van der Waals surface area contributed by atoms with Gasteiger partial charge in [-0.1, -0.05) is 6.07 Å². The first-order valence-electron chi connectivity index (χ1n) is 7.77. The largest absolute Gasteiger partial charge is 0.361 e. The average molecular weight is 313 g/mol. The van der Waals surface area contributed by atoms with Crippen molar-refractivity contribution in [3.05, 3.63) is 36.0 Å². The zero-order chi connectivity index (χ0) is 16.4. The minimum Gasteiger partial charge on any atom is -0.361 e. The predicted molar refractivity (Wildman–Crippen MR) is 85.6 cm³/mol. The molecule has 1 saturated heterocycles. The molecule has 120 valence electrons. The Hall–Kier alpha value is -2.63. The number of benzene rings is 1. The molecule has 23 heavy (non-hydrogen) atoms. The Morgan fingerprint density at radius 1 is 1.30 bits per heavy atom. The van der Waals surface area contributed by atoms with Gasteiger partial charge >= 0.3 is 0 Å². The predicted octanol–water partition coefficient (Wildman–Crippen LogP) is 1.36. The molecule has 6 nitrogen and oxygen atoms in total. The fourth-order valence-electron chi connectivity index (χ4n) is 3.02. The minimum absolute atomic E-state index is 0.0632. The third kappa shape index (κ3) is 3.11. The zero-order valence-electron chi connectivity index (χ0n) is 13.0. The summed E-state index contributed by atoms with van der Waals surface area (Å²) in [5.41, 5.74) is 2.14. The number of H-pyrrole nitrogens is 1. The molecule has 2 aromatic rings. The van der Waals surface area contributed by atoms with Gasteiger partial charge in [-0.3, -0.25) is 19.7 Å². The number of aromatic amines is 1. The molecule has 1 aromatic heterocycles. The van der Waals surface area contributed by atoms with Crippen molar-refractivity contribution < 1.29 is 14.4 Å². The molecule has 0 saturated carbocycles. The number of imide groups is 1. The normalized spacial score (nSPS) is 17.5. The topological polar surface area (TPSA) is 82.3 Å². The van der Waals surface area contributed by atoms with E-state index in [-0.39, 0.29) is 24.1 Å². The van der Waals surface area contributed by atoms with Crippen LogP contribution in [0.5, 0.6) is 0 Å². The second kappa shape index (κ2) is 6.24. The van der Waals surface area contributed by atoms with E-state index in [1.54, 1.807) is 0 Å². The van der Waals surface area contributed by atoms with Crippen LogP contribution in [-0.2, 0) is 20.8 Å². The van der Waals surface area contributed by atoms with E-state index in [9.17, 15) is 14.4 Å². The van der Waals surface area contributed by atoms with E-state index in [2.05, 4.69) is 16.4 Å². The van der Waals surface area contributed by atoms with E-state index in [0.717, 1.165) is 16.5 Å². The molecule has 1 fully saturated rings. The molecular formula is C17H19N3O3. The highest BCUT2D eigenvalue weighted by molar-refractivity contribution is 6.06. The summed E-state index contributed by atoms with van der Waals surface area (Å²) < 4.78 is 0. The summed E-state index contributed by atoms with van der Waals surface area (Å²) in [6.07, 6.45) is 2.88. The summed E-state index contributed by atoms with van der Waals surface area (Å²) in [4.78, 5) is 40.1. The highest BCUT2D eigenvalue weighted by Crippen LogP contribution is 2.17. The Bertz CT molecular complexity index is 765. The fraction of sp³-hybridized carbons (Fsp3) is 0.353. The first kappa shape index (κ1) is 15.3. The van der Waals surface area contributed by atoms with Gasteiger partial charge in [-0.05, 0) is 42.5 Å². The summed E-state index contributed by atoms with van der Waals surface area (Å²) in [5.74, 6) is -0.792. The van der Waals surface area contributed by atoms with Crippen LogP contribution in [0.3, 0.4) is 0 Å². The Morgan fingerprint density at radius 3 is 2.83 bits per heavy atom. The molecule has 0 radical (unpaired) electrons. The molecule has 3 amide bonds. The molecular weight excluding hydrogens is 294 g/mol. The number of hydrogen-bond donors (Lipinski definition) is 2. The van der Waals surface area contributed by atoms with E-state index in [4.69, 9.17) is 0 Å². The van der Waals surface area contributed by atoms with Crippen LogP contribution >= 0.6 is 0 Å². The SMILES string of the molecule is CCN(C(=O)CCc1ccc2[nH]ccc2c1)[C@@H]1CC(=O)NC1=O. The van der Waals surface area contributed by atoms with Crippen molar-refractivity contribution in [2.75, 3.05) is 6.54 Å². The van der Waals surface area contributed by atoms with E-state index >= 15 is 0 Å². The van der Waals surface area contributed by atoms with Gasteiger partial charge in [0.1, 0.15) is 6.04 Å². The third-order valence-corrected chi connectivity index (χ3v) is 4.23. The first-order valence-corrected chi connectivity index (χ1v) is 7.77. The fourth-order valence-corrected chi connectivity index (χ4v) is 3.02. The van der Waals surface area contributed by atoms with Crippen molar-refractivity contribution in [3.8, 4) is 0 Å². The van der Waals surface area contributed by atoms with Gasteiger partial charge in [0, 0.05) is 24.7 Å². The summed E-state index contributed by atoms with van der Waals surface area (Å²) in [6, 6.07) is 7.38. The van der Waals surface area contributed by atoms with Crippen LogP contribution in [0.2, 0.25) is 0 Å². The van der Waals surface area contributed by atoms with Gasteiger partial charge in [0.2, 0.25) is 17.7 Å². The smallest absolute Gasteiger partial charge is 0.249 e. The number of nitrogens with one attached hydrogen (secondary N) is 2. The number of nitrogens with zero attached hydrogens (tertiary/aromatic N) is 1. The molecule has 6 heteroatoms. The van der Waals surface area contributed by atoms with Gasteiger partial charge in [-0.2, -0.15) is 0 Å². The second-order valence-electron chi connectivity index (χ2n) is 5.71. The minimum atomic E-state index is -0.660. The summed E-state index contributed by atoms with van der Waals surface area (Å²) >= 11 is 0. The van der Waals surface area contributed by atoms with Gasteiger partial charge in [0.25, 0.3) is 0 Å². The Balaban J connectivity index is 1.65. The molecule has 1 aliphatic rings. The lowest BCUT2D eigenvalue weighted by atomic mass is 10.1.